The topological polar surface area (TPSA) is 41.4 Å². The van der Waals surface area contributed by atoms with Crippen LogP contribution < -0.4 is 0 Å². The highest BCUT2D eigenvalue weighted by molar-refractivity contribution is 7.20. The van der Waals surface area contributed by atoms with Gasteiger partial charge in [0.1, 0.15) is 4.83 Å². The van der Waals surface area contributed by atoms with Crippen molar-refractivity contribution in [2.75, 3.05) is 26.2 Å². The standard InChI is InChI=1S/C23H27ClN4OS/c1-16-20-13-21(22(29)27-12-4-5-19(27)15-26-10-2-3-11-26)30-23(20)28(25-16)14-17-6-8-18(24)9-7-17/h6-9,13,19H,2-5,10-12,14-15H2,1H3. The number of benzene rings is 1. The second-order valence-electron chi connectivity index (χ2n) is 8.50. The number of fused-ring (bicyclic) bond motifs is 1. The van der Waals surface area contributed by atoms with Gasteiger partial charge >= 0.3 is 0 Å². The molecule has 5 rings (SSSR count). The molecule has 158 valence electrons. The fourth-order valence-electron chi connectivity index (χ4n) is 4.79. The van der Waals surface area contributed by atoms with Crippen molar-refractivity contribution in [1.82, 2.24) is 19.6 Å². The van der Waals surface area contributed by atoms with Crippen LogP contribution in [0.4, 0.5) is 0 Å². The molecule has 1 aromatic carbocycles. The number of likely N-dealkylation sites (tertiary alicyclic amines) is 2. The minimum absolute atomic E-state index is 0.190. The zero-order chi connectivity index (χ0) is 20.7. The van der Waals surface area contributed by atoms with E-state index in [4.69, 9.17) is 16.7 Å². The van der Waals surface area contributed by atoms with Gasteiger partial charge in [-0.15, -0.1) is 11.3 Å². The van der Waals surface area contributed by atoms with E-state index in [1.54, 1.807) is 11.3 Å². The summed E-state index contributed by atoms with van der Waals surface area (Å²) >= 11 is 7.59. The molecule has 0 N–H and O–H groups in total. The van der Waals surface area contributed by atoms with Gasteiger partial charge in [0.15, 0.2) is 0 Å². The van der Waals surface area contributed by atoms with E-state index in [2.05, 4.69) is 9.80 Å². The van der Waals surface area contributed by atoms with E-state index in [-0.39, 0.29) is 5.91 Å². The Morgan fingerprint density at radius 1 is 1.17 bits per heavy atom. The van der Waals surface area contributed by atoms with E-state index in [1.165, 1.54) is 25.9 Å². The summed E-state index contributed by atoms with van der Waals surface area (Å²) < 4.78 is 2.01. The van der Waals surface area contributed by atoms with E-state index >= 15 is 0 Å². The van der Waals surface area contributed by atoms with Gasteiger partial charge in [0.2, 0.25) is 0 Å². The second kappa shape index (κ2) is 8.33. The first-order chi connectivity index (χ1) is 14.6. The Labute approximate surface area is 186 Å². The number of halogens is 1. The van der Waals surface area contributed by atoms with E-state index in [9.17, 15) is 4.79 Å². The van der Waals surface area contributed by atoms with Crippen LogP contribution in [0.1, 0.15) is 46.6 Å². The average Bonchev–Trinajstić information content (AvgIpc) is 3.52. The molecule has 2 aliphatic heterocycles. The van der Waals surface area contributed by atoms with Crippen LogP contribution in [-0.2, 0) is 6.54 Å². The Hall–Kier alpha value is -1.89. The highest BCUT2D eigenvalue weighted by Gasteiger charge is 2.32. The Balaban J connectivity index is 1.37. The number of hydrogen-bond donors (Lipinski definition) is 0. The Bertz CT molecular complexity index is 1050. The number of hydrogen-bond acceptors (Lipinski definition) is 4. The summed E-state index contributed by atoms with van der Waals surface area (Å²) in [5, 5.41) is 6.54. The number of aryl methyl sites for hydroxylation is 1. The molecular weight excluding hydrogens is 416 g/mol. The van der Waals surface area contributed by atoms with Gasteiger partial charge in [0.25, 0.3) is 5.91 Å². The molecular formula is C23H27ClN4OS. The van der Waals surface area contributed by atoms with E-state index in [1.807, 2.05) is 41.9 Å². The molecule has 0 bridgehead atoms. The maximum Gasteiger partial charge on any atom is 0.264 e. The smallest absolute Gasteiger partial charge is 0.264 e. The van der Waals surface area contributed by atoms with Gasteiger partial charge < -0.3 is 9.80 Å². The Morgan fingerprint density at radius 3 is 2.70 bits per heavy atom. The molecule has 0 radical (unpaired) electrons. The summed E-state index contributed by atoms with van der Waals surface area (Å²) in [6.07, 6.45) is 4.82. The number of carbonyl (C=O) groups is 1. The zero-order valence-corrected chi connectivity index (χ0v) is 18.9. The maximum atomic E-state index is 13.4. The van der Waals surface area contributed by atoms with E-state index in [0.29, 0.717) is 12.6 Å². The van der Waals surface area contributed by atoms with Crippen molar-refractivity contribution in [1.29, 1.82) is 0 Å². The third-order valence-corrected chi connectivity index (χ3v) is 7.76. The quantitative estimate of drug-likeness (QED) is 0.569. The predicted molar refractivity (Wildman–Crippen MR) is 123 cm³/mol. The summed E-state index contributed by atoms with van der Waals surface area (Å²) in [5.41, 5.74) is 2.12. The molecule has 2 aromatic heterocycles. The van der Waals surface area contributed by atoms with Crippen molar-refractivity contribution in [3.63, 3.8) is 0 Å². The molecule has 1 amide bonds. The molecule has 4 heterocycles. The van der Waals surface area contributed by atoms with Gasteiger partial charge in [-0.25, -0.2) is 0 Å². The highest BCUT2D eigenvalue weighted by atomic mass is 35.5. The van der Waals surface area contributed by atoms with Gasteiger partial charge in [0.05, 0.1) is 17.1 Å². The number of aromatic nitrogens is 2. The third-order valence-electron chi connectivity index (χ3n) is 6.37. The number of rotatable bonds is 5. The minimum atomic E-state index is 0.190. The Morgan fingerprint density at radius 2 is 1.93 bits per heavy atom. The van der Waals surface area contributed by atoms with Gasteiger partial charge in [-0.1, -0.05) is 23.7 Å². The van der Waals surface area contributed by atoms with Crippen LogP contribution in [0.3, 0.4) is 0 Å². The van der Waals surface area contributed by atoms with Crippen LogP contribution in [0, 0.1) is 6.92 Å². The zero-order valence-electron chi connectivity index (χ0n) is 17.3. The lowest BCUT2D eigenvalue weighted by Gasteiger charge is -2.28. The van der Waals surface area contributed by atoms with Crippen molar-refractivity contribution < 1.29 is 4.79 Å². The van der Waals surface area contributed by atoms with Gasteiger partial charge in [0, 0.05) is 29.5 Å². The van der Waals surface area contributed by atoms with Crippen LogP contribution in [0.2, 0.25) is 5.02 Å². The van der Waals surface area contributed by atoms with Crippen molar-refractivity contribution in [2.24, 2.45) is 0 Å². The van der Waals surface area contributed by atoms with Crippen LogP contribution in [-0.4, -0.2) is 57.7 Å². The molecule has 1 unspecified atom stereocenters. The summed E-state index contributed by atoms with van der Waals surface area (Å²) in [6.45, 7) is 6.97. The fraction of sp³-hybridized carbons (Fsp3) is 0.478. The van der Waals surface area contributed by atoms with Crippen molar-refractivity contribution in [2.45, 2.75) is 45.2 Å². The van der Waals surface area contributed by atoms with Gasteiger partial charge in [-0.3, -0.25) is 9.48 Å². The van der Waals surface area contributed by atoms with Crippen LogP contribution in [0.25, 0.3) is 10.2 Å². The van der Waals surface area contributed by atoms with Crippen LogP contribution >= 0.6 is 22.9 Å². The summed E-state index contributed by atoms with van der Waals surface area (Å²) in [7, 11) is 0. The lowest BCUT2D eigenvalue weighted by atomic mass is 10.2. The maximum absolute atomic E-state index is 13.4. The van der Waals surface area contributed by atoms with Crippen LogP contribution in [0.15, 0.2) is 30.3 Å². The number of thiophene rings is 1. The first-order valence-corrected chi connectivity index (χ1v) is 12.0. The molecule has 3 aromatic rings. The molecule has 2 saturated heterocycles. The molecule has 2 fully saturated rings. The number of nitrogens with zero attached hydrogens (tertiary/aromatic N) is 4. The molecule has 0 aliphatic carbocycles. The predicted octanol–water partition coefficient (Wildman–Crippen LogP) is 4.81. The molecule has 7 heteroatoms. The lowest BCUT2D eigenvalue weighted by Crippen LogP contribution is -2.42. The first kappa shape index (κ1) is 20.0. The monoisotopic (exact) mass is 442 g/mol. The lowest BCUT2D eigenvalue weighted by molar-refractivity contribution is 0.0714. The molecule has 0 spiro atoms. The fourth-order valence-corrected chi connectivity index (χ4v) is 6.03. The number of amides is 1. The van der Waals surface area contributed by atoms with Gasteiger partial charge in [-0.05, 0) is 69.5 Å². The van der Waals surface area contributed by atoms with Gasteiger partial charge in [-0.2, -0.15) is 5.10 Å². The van der Waals surface area contributed by atoms with E-state index < -0.39 is 0 Å². The molecule has 1 atom stereocenters. The second-order valence-corrected chi connectivity index (χ2v) is 9.97. The molecule has 30 heavy (non-hydrogen) atoms. The normalized spacial score (nSPS) is 19.9. The Kier molecular flexibility index (Phi) is 5.56. The molecule has 2 aliphatic rings. The SMILES string of the molecule is Cc1nn(Cc2ccc(Cl)cc2)c2sc(C(=O)N3CCCC3CN3CCCC3)cc12. The largest absolute Gasteiger partial charge is 0.334 e. The minimum Gasteiger partial charge on any atom is -0.334 e. The highest BCUT2D eigenvalue weighted by Crippen LogP contribution is 2.32. The summed E-state index contributed by atoms with van der Waals surface area (Å²) in [5.74, 6) is 0.190. The average molecular weight is 443 g/mol. The van der Waals surface area contributed by atoms with Crippen molar-refractivity contribution >= 4 is 39.1 Å². The first-order valence-electron chi connectivity index (χ1n) is 10.8. The molecule has 5 nitrogen and oxygen atoms in total. The summed E-state index contributed by atoms with van der Waals surface area (Å²) in [4.78, 5) is 19.9. The van der Waals surface area contributed by atoms with Crippen molar-refractivity contribution in [3.05, 3.63) is 51.5 Å². The summed E-state index contributed by atoms with van der Waals surface area (Å²) in [6, 6.07) is 10.3. The molecule has 0 saturated carbocycles. The number of carbonyl (C=O) groups excluding carboxylic acids is 1. The third kappa shape index (κ3) is 3.88. The van der Waals surface area contributed by atoms with Crippen LogP contribution in [0.5, 0.6) is 0 Å². The van der Waals surface area contributed by atoms with Crippen molar-refractivity contribution in [3.8, 4) is 0 Å². The van der Waals surface area contributed by atoms with E-state index in [0.717, 1.165) is 57.3 Å².